The fourth-order valence-electron chi connectivity index (χ4n) is 1.81. The summed E-state index contributed by atoms with van der Waals surface area (Å²) in [6.07, 6.45) is 1.61. The molecule has 0 aliphatic carbocycles. The van der Waals surface area contributed by atoms with Gasteiger partial charge in [0, 0.05) is 18.8 Å². The number of hydrogen-bond donors (Lipinski definition) is 3. The largest absolute Gasteiger partial charge is 0.369 e. The van der Waals surface area contributed by atoms with Gasteiger partial charge >= 0.3 is 0 Å². The first kappa shape index (κ1) is 17.4. The molecule has 0 saturated carbocycles. The molecule has 1 amide bonds. The predicted molar refractivity (Wildman–Crippen MR) is 90.6 cm³/mol. The molecular formula is C15H17N5O3S. The van der Waals surface area contributed by atoms with Crippen LogP contribution in [0.3, 0.4) is 0 Å². The minimum absolute atomic E-state index is 0.00703. The Hall–Kier alpha value is -2.94. The van der Waals surface area contributed by atoms with E-state index in [0.717, 1.165) is 0 Å². The molecular weight excluding hydrogens is 330 g/mol. The number of nitrogens with one attached hydrogen (secondary N) is 2. The normalized spacial score (nSPS) is 11.8. The first-order chi connectivity index (χ1) is 11.4. The van der Waals surface area contributed by atoms with Crippen molar-refractivity contribution < 1.29 is 13.2 Å². The van der Waals surface area contributed by atoms with Gasteiger partial charge in [-0.15, -0.1) is 0 Å². The zero-order valence-corrected chi connectivity index (χ0v) is 13.7. The average molecular weight is 347 g/mol. The highest BCUT2D eigenvalue weighted by atomic mass is 32.2. The van der Waals surface area contributed by atoms with Gasteiger partial charge in [-0.1, -0.05) is 6.07 Å². The van der Waals surface area contributed by atoms with Crippen LogP contribution < -0.4 is 15.8 Å². The smallest absolute Gasteiger partial charge is 0.264 e. The molecule has 24 heavy (non-hydrogen) atoms. The van der Waals surface area contributed by atoms with Crippen molar-refractivity contribution in [1.29, 1.82) is 0 Å². The van der Waals surface area contributed by atoms with Gasteiger partial charge in [0.1, 0.15) is 0 Å². The van der Waals surface area contributed by atoms with Crippen LogP contribution in [0.5, 0.6) is 0 Å². The molecule has 8 nitrogen and oxygen atoms in total. The number of anilines is 1. The number of carbonyl (C=O) groups excluding carboxylic acids is 1. The maximum Gasteiger partial charge on any atom is 0.264 e. The van der Waals surface area contributed by atoms with Crippen LogP contribution in [0.2, 0.25) is 0 Å². The molecule has 0 aliphatic heterocycles. The zero-order chi connectivity index (χ0) is 17.6. The molecule has 0 saturated heterocycles. The van der Waals surface area contributed by atoms with E-state index in [9.17, 15) is 13.2 Å². The summed E-state index contributed by atoms with van der Waals surface area (Å²) in [4.78, 5) is 19.0. The van der Waals surface area contributed by atoms with Crippen molar-refractivity contribution in [3.05, 3.63) is 54.4 Å². The Labute approximate surface area is 139 Å². The Kier molecular flexibility index (Phi) is 5.48. The third kappa shape index (κ3) is 5.06. The molecule has 9 heteroatoms. The molecule has 2 aromatic rings. The standard InChI is InChI=1S/C15H17N5O3S/c1-11(21)19-12-5-7-14(8-6-12)24(22,23)20-15(16)18-10-13-4-2-3-9-17-13/h2-9H,10H2,1H3,(H,19,21)(H3,16,18,20). The summed E-state index contributed by atoms with van der Waals surface area (Å²) in [6, 6.07) is 11.0. The number of sulfonamides is 1. The minimum atomic E-state index is -3.85. The molecule has 1 aromatic heterocycles. The van der Waals surface area contributed by atoms with Crippen molar-refractivity contribution in [2.45, 2.75) is 18.4 Å². The van der Waals surface area contributed by atoms with Gasteiger partial charge in [-0.2, -0.15) is 0 Å². The van der Waals surface area contributed by atoms with Crippen LogP contribution >= 0.6 is 0 Å². The van der Waals surface area contributed by atoms with E-state index in [0.29, 0.717) is 11.4 Å². The topological polar surface area (TPSA) is 127 Å². The van der Waals surface area contributed by atoms with Crippen LogP contribution in [0.4, 0.5) is 5.69 Å². The molecule has 0 atom stereocenters. The summed E-state index contributed by atoms with van der Waals surface area (Å²) >= 11 is 0. The predicted octanol–water partition coefficient (Wildman–Crippen LogP) is 0.833. The van der Waals surface area contributed by atoms with Crippen LogP contribution in [0.15, 0.2) is 58.5 Å². The number of nitrogens with zero attached hydrogens (tertiary/aromatic N) is 2. The van der Waals surface area contributed by atoms with Gasteiger partial charge in [0.2, 0.25) is 11.9 Å². The number of aromatic nitrogens is 1. The summed E-state index contributed by atoms with van der Waals surface area (Å²) in [5.41, 5.74) is 6.78. The third-order valence-electron chi connectivity index (χ3n) is 2.86. The molecule has 0 aliphatic rings. The van der Waals surface area contributed by atoms with E-state index in [-0.39, 0.29) is 23.3 Å². The van der Waals surface area contributed by atoms with Gasteiger partial charge in [0.15, 0.2) is 0 Å². The quantitative estimate of drug-likeness (QED) is 0.545. The van der Waals surface area contributed by atoms with E-state index >= 15 is 0 Å². The lowest BCUT2D eigenvalue weighted by atomic mass is 10.3. The highest BCUT2D eigenvalue weighted by molar-refractivity contribution is 7.90. The Morgan fingerprint density at radius 1 is 1.21 bits per heavy atom. The second-order valence-electron chi connectivity index (χ2n) is 4.83. The third-order valence-corrected chi connectivity index (χ3v) is 4.23. The second kappa shape index (κ2) is 7.55. The van der Waals surface area contributed by atoms with Crippen molar-refractivity contribution in [1.82, 2.24) is 9.71 Å². The van der Waals surface area contributed by atoms with Crippen LogP contribution in [0.1, 0.15) is 12.6 Å². The number of pyridine rings is 1. The van der Waals surface area contributed by atoms with E-state index < -0.39 is 10.0 Å². The van der Waals surface area contributed by atoms with Gasteiger partial charge in [-0.3, -0.25) is 9.78 Å². The number of aliphatic imine (C=N–C) groups is 1. The Balaban J connectivity index is 2.05. The van der Waals surface area contributed by atoms with Gasteiger partial charge in [0.25, 0.3) is 10.0 Å². The lowest BCUT2D eigenvalue weighted by Crippen LogP contribution is -2.36. The number of carbonyl (C=O) groups is 1. The summed E-state index contributed by atoms with van der Waals surface area (Å²) in [6.45, 7) is 1.53. The van der Waals surface area contributed by atoms with Gasteiger partial charge < -0.3 is 11.1 Å². The van der Waals surface area contributed by atoms with Crippen LogP contribution in [-0.2, 0) is 21.4 Å². The van der Waals surface area contributed by atoms with Crippen molar-refractivity contribution in [3.63, 3.8) is 0 Å². The first-order valence-corrected chi connectivity index (χ1v) is 8.45. The molecule has 126 valence electrons. The van der Waals surface area contributed by atoms with Crippen LogP contribution in [-0.4, -0.2) is 25.3 Å². The average Bonchev–Trinajstić information content (AvgIpc) is 2.53. The monoisotopic (exact) mass is 347 g/mol. The lowest BCUT2D eigenvalue weighted by Gasteiger charge is -2.08. The maximum absolute atomic E-state index is 12.2. The molecule has 0 unspecified atom stereocenters. The number of rotatable bonds is 5. The molecule has 1 heterocycles. The number of amides is 1. The van der Waals surface area contributed by atoms with E-state index in [1.165, 1.54) is 31.2 Å². The van der Waals surface area contributed by atoms with Gasteiger partial charge in [-0.05, 0) is 36.4 Å². The molecule has 0 spiro atoms. The van der Waals surface area contributed by atoms with Crippen molar-refractivity contribution >= 4 is 27.6 Å². The number of guanidine groups is 1. The zero-order valence-electron chi connectivity index (χ0n) is 12.9. The number of hydrogen-bond acceptors (Lipinski definition) is 5. The lowest BCUT2D eigenvalue weighted by molar-refractivity contribution is -0.114. The van der Waals surface area contributed by atoms with E-state index in [2.05, 4.69) is 20.0 Å². The minimum Gasteiger partial charge on any atom is -0.369 e. The maximum atomic E-state index is 12.2. The fourth-order valence-corrected chi connectivity index (χ4v) is 2.76. The Morgan fingerprint density at radius 3 is 2.50 bits per heavy atom. The van der Waals surface area contributed by atoms with E-state index in [4.69, 9.17) is 5.73 Å². The van der Waals surface area contributed by atoms with Crippen molar-refractivity contribution in [3.8, 4) is 0 Å². The molecule has 2 rings (SSSR count). The summed E-state index contributed by atoms with van der Waals surface area (Å²) < 4.78 is 26.6. The molecule has 0 fully saturated rings. The van der Waals surface area contributed by atoms with Crippen molar-refractivity contribution in [2.75, 3.05) is 5.32 Å². The van der Waals surface area contributed by atoms with Gasteiger partial charge in [-0.25, -0.2) is 18.1 Å². The number of benzene rings is 1. The SMILES string of the molecule is CC(=O)Nc1ccc(S(=O)(=O)NC(N)=NCc2ccccn2)cc1. The fraction of sp³-hybridized carbons (Fsp3) is 0.133. The van der Waals surface area contributed by atoms with Gasteiger partial charge in [0.05, 0.1) is 17.1 Å². The second-order valence-corrected chi connectivity index (χ2v) is 6.52. The Morgan fingerprint density at radius 2 is 1.92 bits per heavy atom. The summed E-state index contributed by atoms with van der Waals surface area (Å²) in [7, 11) is -3.85. The number of nitrogens with two attached hydrogens (primary N) is 1. The summed E-state index contributed by atoms with van der Waals surface area (Å²) in [5.74, 6) is -0.471. The first-order valence-electron chi connectivity index (χ1n) is 6.97. The van der Waals surface area contributed by atoms with E-state index in [1.54, 1.807) is 24.4 Å². The molecule has 4 N–H and O–H groups in total. The van der Waals surface area contributed by atoms with Crippen molar-refractivity contribution in [2.24, 2.45) is 10.7 Å². The van der Waals surface area contributed by atoms with E-state index in [1.807, 2.05) is 0 Å². The molecule has 1 aromatic carbocycles. The molecule has 0 radical (unpaired) electrons. The highest BCUT2D eigenvalue weighted by Crippen LogP contribution is 2.13. The Bertz CT molecular complexity index is 833. The summed E-state index contributed by atoms with van der Waals surface area (Å²) in [5, 5.41) is 2.55. The highest BCUT2D eigenvalue weighted by Gasteiger charge is 2.15. The molecule has 0 bridgehead atoms. The van der Waals surface area contributed by atoms with Crippen LogP contribution in [0, 0.1) is 0 Å². The van der Waals surface area contributed by atoms with Crippen LogP contribution in [0.25, 0.3) is 0 Å².